The van der Waals surface area contributed by atoms with Crippen LogP contribution < -0.4 is 5.48 Å². The number of halogens is 1. The van der Waals surface area contributed by atoms with Crippen LogP contribution >= 0.6 is 15.9 Å². The Morgan fingerprint density at radius 1 is 1.54 bits per heavy atom. The van der Waals surface area contributed by atoms with Crippen molar-refractivity contribution in [2.24, 2.45) is 0 Å². The average Bonchev–Trinajstić information content (AvgIpc) is 2.14. The van der Waals surface area contributed by atoms with Crippen LogP contribution in [0.25, 0.3) is 0 Å². The van der Waals surface area contributed by atoms with Crippen molar-refractivity contribution in [1.29, 1.82) is 0 Å². The van der Waals surface area contributed by atoms with Crippen LogP contribution in [-0.4, -0.2) is 6.61 Å². The summed E-state index contributed by atoms with van der Waals surface area (Å²) in [5, 5.41) is 0. The maximum Gasteiger partial charge on any atom is 0.0654 e. The van der Waals surface area contributed by atoms with E-state index in [2.05, 4.69) is 40.5 Å². The van der Waals surface area contributed by atoms with Crippen molar-refractivity contribution in [3.63, 3.8) is 0 Å². The van der Waals surface area contributed by atoms with Crippen molar-refractivity contribution in [2.45, 2.75) is 19.9 Å². The fraction of sp³-hybridized carbons (Fsp3) is 0.400. The molecule has 1 atom stereocenters. The Labute approximate surface area is 87.4 Å². The molecule has 0 heterocycles. The van der Waals surface area contributed by atoms with Gasteiger partial charge in [-0.05, 0) is 31.5 Å². The van der Waals surface area contributed by atoms with Gasteiger partial charge in [-0.25, -0.2) is 0 Å². The van der Waals surface area contributed by atoms with Crippen LogP contribution in [0, 0.1) is 0 Å². The molecule has 0 amide bonds. The van der Waals surface area contributed by atoms with E-state index in [0.29, 0.717) is 6.61 Å². The van der Waals surface area contributed by atoms with E-state index < -0.39 is 0 Å². The largest absolute Gasteiger partial charge is 0.302 e. The zero-order valence-electron chi connectivity index (χ0n) is 7.88. The molecule has 0 spiro atoms. The summed E-state index contributed by atoms with van der Waals surface area (Å²) in [4.78, 5) is 5.12. The van der Waals surface area contributed by atoms with Gasteiger partial charge in [0, 0.05) is 4.47 Å². The van der Waals surface area contributed by atoms with Crippen LogP contribution in [0.4, 0.5) is 0 Å². The molecule has 0 aliphatic rings. The summed E-state index contributed by atoms with van der Waals surface area (Å²) in [5.74, 6) is 0. The number of rotatable bonds is 4. The van der Waals surface area contributed by atoms with Gasteiger partial charge in [-0.15, -0.1) is 0 Å². The SMILES string of the molecule is CCONC(C)c1cccc(Br)c1. The van der Waals surface area contributed by atoms with Gasteiger partial charge >= 0.3 is 0 Å². The third-order valence-corrected chi connectivity index (χ3v) is 2.25. The molecule has 0 aromatic heterocycles. The molecule has 1 unspecified atom stereocenters. The lowest BCUT2D eigenvalue weighted by Gasteiger charge is -2.13. The maximum absolute atomic E-state index is 5.12. The first-order valence-electron chi connectivity index (χ1n) is 4.36. The van der Waals surface area contributed by atoms with Gasteiger partial charge in [0.15, 0.2) is 0 Å². The molecule has 2 nitrogen and oxygen atoms in total. The highest BCUT2D eigenvalue weighted by molar-refractivity contribution is 9.10. The summed E-state index contributed by atoms with van der Waals surface area (Å²) < 4.78 is 1.09. The highest BCUT2D eigenvalue weighted by Crippen LogP contribution is 2.17. The van der Waals surface area contributed by atoms with E-state index in [1.54, 1.807) is 0 Å². The molecule has 0 radical (unpaired) electrons. The number of nitrogens with one attached hydrogen (secondary N) is 1. The molecule has 1 aromatic rings. The summed E-state index contributed by atoms with van der Waals surface area (Å²) in [6.45, 7) is 4.70. The minimum Gasteiger partial charge on any atom is -0.302 e. The monoisotopic (exact) mass is 243 g/mol. The molecule has 3 heteroatoms. The smallest absolute Gasteiger partial charge is 0.0654 e. The van der Waals surface area contributed by atoms with Gasteiger partial charge in [0.2, 0.25) is 0 Å². The van der Waals surface area contributed by atoms with Crippen molar-refractivity contribution >= 4 is 15.9 Å². The second kappa shape index (κ2) is 5.37. The van der Waals surface area contributed by atoms with Gasteiger partial charge < -0.3 is 4.84 Å². The van der Waals surface area contributed by atoms with Crippen LogP contribution in [0.2, 0.25) is 0 Å². The van der Waals surface area contributed by atoms with E-state index >= 15 is 0 Å². The minimum absolute atomic E-state index is 0.220. The van der Waals surface area contributed by atoms with Gasteiger partial charge in [-0.3, -0.25) is 0 Å². The average molecular weight is 244 g/mol. The summed E-state index contributed by atoms with van der Waals surface area (Å²) >= 11 is 3.43. The number of hydroxylamine groups is 1. The second-order valence-corrected chi connectivity index (χ2v) is 3.74. The first-order valence-corrected chi connectivity index (χ1v) is 5.16. The second-order valence-electron chi connectivity index (χ2n) is 2.83. The van der Waals surface area contributed by atoms with Crippen LogP contribution in [0.15, 0.2) is 28.7 Å². The van der Waals surface area contributed by atoms with E-state index in [1.165, 1.54) is 5.56 Å². The molecule has 0 aliphatic carbocycles. The highest BCUT2D eigenvalue weighted by Gasteiger charge is 2.03. The first-order chi connectivity index (χ1) is 6.24. The molecule has 1 N–H and O–H groups in total. The quantitative estimate of drug-likeness (QED) is 0.822. The Balaban J connectivity index is 2.60. The molecular formula is C10H14BrNO. The van der Waals surface area contributed by atoms with Gasteiger partial charge in [0.05, 0.1) is 12.6 Å². The highest BCUT2D eigenvalue weighted by atomic mass is 79.9. The predicted molar refractivity (Wildman–Crippen MR) is 57.3 cm³/mol. The lowest BCUT2D eigenvalue weighted by molar-refractivity contribution is 0.0285. The van der Waals surface area contributed by atoms with Gasteiger partial charge in [0.1, 0.15) is 0 Å². The third-order valence-electron chi connectivity index (χ3n) is 1.75. The Morgan fingerprint density at radius 3 is 2.92 bits per heavy atom. The summed E-state index contributed by atoms with van der Waals surface area (Å²) in [6.07, 6.45) is 0. The number of benzene rings is 1. The van der Waals surface area contributed by atoms with E-state index in [0.717, 1.165) is 4.47 Å². The Hall–Kier alpha value is -0.380. The minimum atomic E-state index is 0.220. The molecule has 0 fully saturated rings. The summed E-state index contributed by atoms with van der Waals surface area (Å²) in [5.41, 5.74) is 4.17. The normalized spacial score (nSPS) is 12.8. The van der Waals surface area contributed by atoms with Crippen molar-refractivity contribution in [3.8, 4) is 0 Å². The molecule has 0 saturated carbocycles. The van der Waals surface area contributed by atoms with Crippen molar-refractivity contribution < 1.29 is 4.84 Å². The number of hydrogen-bond donors (Lipinski definition) is 1. The molecule has 0 saturated heterocycles. The zero-order chi connectivity index (χ0) is 9.68. The lowest BCUT2D eigenvalue weighted by atomic mass is 10.1. The van der Waals surface area contributed by atoms with Crippen molar-refractivity contribution in [2.75, 3.05) is 6.61 Å². The fourth-order valence-corrected chi connectivity index (χ4v) is 1.47. The molecule has 13 heavy (non-hydrogen) atoms. The van der Waals surface area contributed by atoms with Crippen LogP contribution in [0.1, 0.15) is 25.5 Å². The predicted octanol–water partition coefficient (Wildman–Crippen LogP) is 3.05. The maximum atomic E-state index is 5.12. The van der Waals surface area contributed by atoms with Crippen LogP contribution in [0.5, 0.6) is 0 Å². The zero-order valence-corrected chi connectivity index (χ0v) is 9.47. The summed E-state index contributed by atoms with van der Waals surface area (Å²) in [6, 6.07) is 8.40. The van der Waals surface area contributed by atoms with Crippen molar-refractivity contribution in [1.82, 2.24) is 5.48 Å². The number of hydrogen-bond acceptors (Lipinski definition) is 2. The van der Waals surface area contributed by atoms with Crippen molar-refractivity contribution in [3.05, 3.63) is 34.3 Å². The molecule has 1 rings (SSSR count). The first kappa shape index (κ1) is 10.7. The molecular weight excluding hydrogens is 230 g/mol. The molecule has 72 valence electrons. The molecule has 0 bridgehead atoms. The third kappa shape index (κ3) is 3.46. The van der Waals surface area contributed by atoms with E-state index in [-0.39, 0.29) is 6.04 Å². The van der Waals surface area contributed by atoms with Gasteiger partial charge in [-0.1, -0.05) is 28.1 Å². The topological polar surface area (TPSA) is 21.3 Å². The van der Waals surface area contributed by atoms with Crippen LogP contribution in [0.3, 0.4) is 0 Å². The van der Waals surface area contributed by atoms with E-state index in [4.69, 9.17) is 4.84 Å². The summed E-state index contributed by atoms with van der Waals surface area (Å²) in [7, 11) is 0. The lowest BCUT2D eigenvalue weighted by Crippen LogP contribution is -2.18. The van der Waals surface area contributed by atoms with Gasteiger partial charge in [-0.2, -0.15) is 5.48 Å². The Morgan fingerprint density at radius 2 is 2.31 bits per heavy atom. The van der Waals surface area contributed by atoms with E-state index in [9.17, 15) is 0 Å². The molecule has 0 aliphatic heterocycles. The van der Waals surface area contributed by atoms with E-state index in [1.807, 2.05) is 19.1 Å². The Bertz CT molecular complexity index is 265. The fourth-order valence-electron chi connectivity index (χ4n) is 1.05. The Kier molecular flexibility index (Phi) is 4.42. The van der Waals surface area contributed by atoms with Crippen LogP contribution in [-0.2, 0) is 4.84 Å². The van der Waals surface area contributed by atoms with Gasteiger partial charge in [0.25, 0.3) is 0 Å². The molecule has 1 aromatic carbocycles. The standard InChI is InChI=1S/C10H14BrNO/c1-3-13-12-8(2)9-5-4-6-10(11)7-9/h4-8,12H,3H2,1-2H3.